The van der Waals surface area contributed by atoms with Crippen molar-refractivity contribution in [1.29, 1.82) is 5.26 Å². The van der Waals surface area contributed by atoms with Crippen LogP contribution in [-0.2, 0) is 17.4 Å². The van der Waals surface area contributed by atoms with Crippen LogP contribution in [0.25, 0.3) is 0 Å². The fourth-order valence-electron chi connectivity index (χ4n) is 4.57. The van der Waals surface area contributed by atoms with Gasteiger partial charge in [-0.05, 0) is 30.5 Å². The molecule has 0 spiro atoms. The lowest BCUT2D eigenvalue weighted by Crippen LogP contribution is -2.47. The summed E-state index contributed by atoms with van der Waals surface area (Å²) < 4.78 is 40.0. The maximum absolute atomic E-state index is 13.3. The number of piperazine rings is 1. The third-order valence-corrected chi connectivity index (χ3v) is 6.46. The predicted octanol–water partition coefficient (Wildman–Crippen LogP) is 1.71. The van der Waals surface area contributed by atoms with Crippen LogP contribution < -0.4 is 10.5 Å². The molecular formula is C22H24F3N7O2. The van der Waals surface area contributed by atoms with E-state index in [4.69, 9.17) is 5.26 Å². The first-order valence-electron chi connectivity index (χ1n) is 11.0. The van der Waals surface area contributed by atoms with E-state index < -0.39 is 23.3 Å². The Labute approximate surface area is 193 Å². The normalized spacial score (nSPS) is 18.4. The fourth-order valence-corrected chi connectivity index (χ4v) is 4.57. The molecular weight excluding hydrogens is 451 g/mol. The van der Waals surface area contributed by atoms with Crippen molar-refractivity contribution < 1.29 is 18.0 Å². The summed E-state index contributed by atoms with van der Waals surface area (Å²) in [6, 6.07) is 4.99. The number of fused-ring (bicyclic) bond motifs is 1. The summed E-state index contributed by atoms with van der Waals surface area (Å²) in [7, 11) is 1.57. The van der Waals surface area contributed by atoms with Crippen LogP contribution in [0.4, 0.5) is 19.0 Å². The number of nitrogens with zero attached hydrogens (tertiary/aromatic N) is 6. The van der Waals surface area contributed by atoms with Crippen LogP contribution in [-0.4, -0.2) is 70.7 Å². The van der Waals surface area contributed by atoms with Crippen LogP contribution in [0.3, 0.4) is 0 Å². The minimum absolute atomic E-state index is 0.0503. The van der Waals surface area contributed by atoms with Crippen molar-refractivity contribution in [3.63, 3.8) is 0 Å². The van der Waals surface area contributed by atoms with Gasteiger partial charge in [-0.25, -0.2) is 10.1 Å². The molecule has 0 radical (unpaired) electrons. The number of hydrogen-bond donors (Lipinski definition) is 1. The van der Waals surface area contributed by atoms with E-state index in [9.17, 15) is 22.8 Å². The molecule has 3 heterocycles. The molecule has 12 heteroatoms. The van der Waals surface area contributed by atoms with Crippen molar-refractivity contribution in [2.75, 3.05) is 44.7 Å². The SMILES string of the molecule is CN(C(=O)CCN1CCN(c2ccc(C#N)cn2)CC1)C1CCc2c1n[nH]c(=O)c2C(F)(F)F. The lowest BCUT2D eigenvalue weighted by atomic mass is 10.1. The average Bonchev–Trinajstić information content (AvgIpc) is 3.25. The van der Waals surface area contributed by atoms with Crippen LogP contribution in [0.5, 0.6) is 0 Å². The average molecular weight is 475 g/mol. The second-order valence-electron chi connectivity index (χ2n) is 8.44. The molecule has 0 bridgehead atoms. The second kappa shape index (κ2) is 9.42. The Morgan fingerprint density at radius 3 is 2.65 bits per heavy atom. The van der Waals surface area contributed by atoms with Gasteiger partial charge in [0.25, 0.3) is 5.56 Å². The molecule has 1 amide bonds. The standard InChI is InChI=1S/C22H24F3N7O2/c1-30(16-4-3-15-19(22(23,24)25)21(34)29-28-20(15)16)18(33)6-7-31-8-10-32(11-9-31)17-5-2-14(12-26)13-27-17/h2,5,13,16H,3-4,6-11H2,1H3,(H,29,34). The molecule has 1 atom stereocenters. The summed E-state index contributed by atoms with van der Waals surface area (Å²) in [6.45, 7) is 3.47. The van der Waals surface area contributed by atoms with Gasteiger partial charge in [-0.15, -0.1) is 0 Å². The molecule has 1 aliphatic heterocycles. The highest BCUT2D eigenvalue weighted by atomic mass is 19.4. The molecule has 180 valence electrons. The highest BCUT2D eigenvalue weighted by molar-refractivity contribution is 5.76. The smallest absolute Gasteiger partial charge is 0.354 e. The highest BCUT2D eigenvalue weighted by Gasteiger charge is 2.42. The number of aromatic amines is 1. The molecule has 4 rings (SSSR count). The van der Waals surface area contributed by atoms with Crippen molar-refractivity contribution in [2.45, 2.75) is 31.5 Å². The van der Waals surface area contributed by atoms with Gasteiger partial charge in [0.2, 0.25) is 5.91 Å². The van der Waals surface area contributed by atoms with Crippen molar-refractivity contribution in [3.8, 4) is 6.07 Å². The first kappa shape index (κ1) is 23.7. The summed E-state index contributed by atoms with van der Waals surface area (Å²) in [4.78, 5) is 34.5. The van der Waals surface area contributed by atoms with Crippen molar-refractivity contribution in [3.05, 3.63) is 51.1 Å². The molecule has 1 fully saturated rings. The predicted molar refractivity (Wildman–Crippen MR) is 116 cm³/mol. The number of carbonyl (C=O) groups excluding carboxylic acids is 1. The van der Waals surface area contributed by atoms with Gasteiger partial charge in [0.1, 0.15) is 17.5 Å². The van der Waals surface area contributed by atoms with Crippen molar-refractivity contribution in [2.24, 2.45) is 0 Å². The quantitative estimate of drug-likeness (QED) is 0.701. The summed E-state index contributed by atoms with van der Waals surface area (Å²) in [5.41, 5.74) is -1.96. The molecule has 2 aromatic rings. The number of alkyl halides is 3. The molecule has 1 unspecified atom stereocenters. The number of rotatable bonds is 5. The Morgan fingerprint density at radius 1 is 1.29 bits per heavy atom. The third kappa shape index (κ3) is 4.75. The minimum atomic E-state index is -4.77. The molecule has 2 aromatic heterocycles. The second-order valence-corrected chi connectivity index (χ2v) is 8.44. The zero-order valence-electron chi connectivity index (χ0n) is 18.6. The molecule has 0 aromatic carbocycles. The van der Waals surface area contributed by atoms with Gasteiger partial charge in [0, 0.05) is 52.4 Å². The number of nitriles is 1. The number of amides is 1. The van der Waals surface area contributed by atoms with Crippen molar-refractivity contribution in [1.82, 2.24) is 25.0 Å². The zero-order valence-corrected chi connectivity index (χ0v) is 18.6. The monoisotopic (exact) mass is 475 g/mol. The number of halogens is 3. The molecule has 34 heavy (non-hydrogen) atoms. The highest BCUT2D eigenvalue weighted by Crippen LogP contribution is 2.39. The van der Waals surface area contributed by atoms with Crippen LogP contribution in [0, 0.1) is 11.3 Å². The van der Waals surface area contributed by atoms with Crippen LogP contribution >= 0.6 is 0 Å². The maximum Gasteiger partial charge on any atom is 0.422 e. The zero-order chi connectivity index (χ0) is 24.5. The number of H-pyrrole nitrogens is 1. The first-order valence-corrected chi connectivity index (χ1v) is 11.0. The Hall–Kier alpha value is -3.46. The van der Waals surface area contributed by atoms with E-state index >= 15 is 0 Å². The van der Waals surface area contributed by atoms with Gasteiger partial charge in [-0.2, -0.15) is 23.5 Å². The van der Waals surface area contributed by atoms with E-state index in [-0.39, 0.29) is 30.0 Å². The van der Waals surface area contributed by atoms with E-state index in [2.05, 4.69) is 19.9 Å². The Balaban J connectivity index is 1.32. The van der Waals surface area contributed by atoms with Gasteiger partial charge in [0.15, 0.2) is 0 Å². The largest absolute Gasteiger partial charge is 0.422 e. The summed E-state index contributed by atoms with van der Waals surface area (Å²) >= 11 is 0. The molecule has 1 N–H and O–H groups in total. The lowest BCUT2D eigenvalue weighted by molar-refractivity contribution is -0.139. The fraction of sp³-hybridized carbons (Fsp3) is 0.500. The lowest BCUT2D eigenvalue weighted by Gasteiger charge is -2.35. The van der Waals surface area contributed by atoms with E-state index in [1.807, 2.05) is 17.2 Å². The molecule has 1 saturated heterocycles. The van der Waals surface area contributed by atoms with Gasteiger partial charge in [-0.3, -0.25) is 14.5 Å². The molecule has 0 saturated carbocycles. The third-order valence-electron chi connectivity index (χ3n) is 6.46. The first-order chi connectivity index (χ1) is 16.2. The Kier molecular flexibility index (Phi) is 6.56. The maximum atomic E-state index is 13.3. The van der Waals surface area contributed by atoms with E-state index in [1.54, 1.807) is 19.3 Å². The van der Waals surface area contributed by atoms with Crippen LogP contribution in [0.15, 0.2) is 23.1 Å². The van der Waals surface area contributed by atoms with Gasteiger partial charge < -0.3 is 9.80 Å². The molecule has 1 aliphatic carbocycles. The van der Waals surface area contributed by atoms with Gasteiger partial charge in [0.05, 0.1) is 17.3 Å². The van der Waals surface area contributed by atoms with E-state index in [1.165, 1.54) is 4.90 Å². The Bertz CT molecular complexity index is 1150. The number of anilines is 1. The van der Waals surface area contributed by atoms with Crippen LogP contribution in [0.2, 0.25) is 0 Å². The minimum Gasteiger partial charge on any atom is -0.354 e. The summed E-state index contributed by atoms with van der Waals surface area (Å²) in [5, 5.41) is 14.7. The Morgan fingerprint density at radius 2 is 2.03 bits per heavy atom. The van der Waals surface area contributed by atoms with E-state index in [0.717, 1.165) is 32.0 Å². The number of hydrogen-bond acceptors (Lipinski definition) is 7. The molecule has 2 aliphatic rings. The number of nitrogens with one attached hydrogen (secondary N) is 1. The van der Waals surface area contributed by atoms with E-state index in [0.29, 0.717) is 18.5 Å². The number of carbonyl (C=O) groups is 1. The molecule has 9 nitrogen and oxygen atoms in total. The van der Waals surface area contributed by atoms with Crippen molar-refractivity contribution >= 4 is 11.7 Å². The topological polar surface area (TPSA) is 109 Å². The van der Waals surface area contributed by atoms with Crippen LogP contribution in [0.1, 0.15) is 41.3 Å². The number of pyridine rings is 1. The summed E-state index contributed by atoms with van der Waals surface area (Å²) in [5.74, 6) is 0.619. The van der Waals surface area contributed by atoms with Gasteiger partial charge >= 0.3 is 6.18 Å². The number of aromatic nitrogens is 3. The summed E-state index contributed by atoms with van der Waals surface area (Å²) in [6.07, 6.45) is -2.66. The van der Waals surface area contributed by atoms with Gasteiger partial charge in [-0.1, -0.05) is 0 Å².